The smallest absolute Gasteiger partial charge is 0.255 e. The molecule has 2 aromatic carbocycles. The van der Waals surface area contributed by atoms with Crippen LogP contribution in [0.25, 0.3) is 0 Å². The standard InChI is InChI=1S/C15H15BrN2O3S/c1-9-6-11(7-14(10(9)2)22(17,20)21)15(19)18-13-5-3-4-12(16)8-13/h3-8H,1-2H3,(H,18,19)(H2,17,20,21). The van der Waals surface area contributed by atoms with Gasteiger partial charge in [-0.15, -0.1) is 0 Å². The fraction of sp³-hybridized carbons (Fsp3) is 0.133. The van der Waals surface area contributed by atoms with Crippen molar-refractivity contribution in [2.75, 3.05) is 5.32 Å². The maximum atomic E-state index is 12.3. The first kappa shape index (κ1) is 16.7. The Morgan fingerprint density at radius 3 is 2.45 bits per heavy atom. The highest BCUT2D eigenvalue weighted by Crippen LogP contribution is 2.22. The van der Waals surface area contributed by atoms with Gasteiger partial charge < -0.3 is 5.32 Å². The molecule has 0 aliphatic rings. The number of nitrogens with two attached hydrogens (primary N) is 1. The van der Waals surface area contributed by atoms with Gasteiger partial charge in [-0.2, -0.15) is 0 Å². The normalized spacial score (nSPS) is 11.3. The Balaban J connectivity index is 2.41. The predicted molar refractivity (Wildman–Crippen MR) is 89.4 cm³/mol. The van der Waals surface area contributed by atoms with Crippen LogP contribution < -0.4 is 10.5 Å². The summed E-state index contributed by atoms with van der Waals surface area (Å²) in [5, 5.41) is 7.92. The van der Waals surface area contributed by atoms with Crippen molar-refractivity contribution in [3.05, 3.63) is 57.6 Å². The minimum atomic E-state index is -3.88. The van der Waals surface area contributed by atoms with Crippen molar-refractivity contribution in [2.45, 2.75) is 18.7 Å². The minimum absolute atomic E-state index is 0.0353. The molecule has 0 saturated carbocycles. The topological polar surface area (TPSA) is 89.3 Å². The number of hydrogen-bond acceptors (Lipinski definition) is 3. The van der Waals surface area contributed by atoms with Crippen LogP contribution in [0.3, 0.4) is 0 Å². The van der Waals surface area contributed by atoms with E-state index in [1.165, 1.54) is 6.07 Å². The van der Waals surface area contributed by atoms with Gasteiger partial charge >= 0.3 is 0 Å². The molecule has 0 aliphatic heterocycles. The molecular formula is C15H15BrN2O3S. The Hall–Kier alpha value is -1.70. The van der Waals surface area contributed by atoms with E-state index in [0.717, 1.165) is 4.47 Å². The number of carbonyl (C=O) groups excluding carboxylic acids is 1. The van der Waals surface area contributed by atoms with Gasteiger partial charge in [0.05, 0.1) is 4.90 Å². The zero-order chi connectivity index (χ0) is 16.5. The van der Waals surface area contributed by atoms with E-state index in [0.29, 0.717) is 16.8 Å². The number of primary sulfonamides is 1. The summed E-state index contributed by atoms with van der Waals surface area (Å²) < 4.78 is 24.1. The first-order chi connectivity index (χ1) is 10.2. The third-order valence-electron chi connectivity index (χ3n) is 3.27. The number of amides is 1. The molecule has 5 nitrogen and oxygen atoms in total. The van der Waals surface area contributed by atoms with Gasteiger partial charge in [-0.1, -0.05) is 22.0 Å². The van der Waals surface area contributed by atoms with Crippen LogP contribution in [0.5, 0.6) is 0 Å². The number of aryl methyl sites for hydroxylation is 1. The van der Waals surface area contributed by atoms with Crippen LogP contribution in [-0.2, 0) is 10.0 Å². The van der Waals surface area contributed by atoms with Crippen LogP contribution in [0, 0.1) is 13.8 Å². The van der Waals surface area contributed by atoms with Crippen molar-refractivity contribution < 1.29 is 13.2 Å². The monoisotopic (exact) mass is 382 g/mol. The van der Waals surface area contributed by atoms with Crippen LogP contribution in [0.2, 0.25) is 0 Å². The Morgan fingerprint density at radius 2 is 1.86 bits per heavy atom. The van der Waals surface area contributed by atoms with Crippen LogP contribution in [0.15, 0.2) is 45.8 Å². The number of nitrogens with one attached hydrogen (secondary N) is 1. The second-order valence-electron chi connectivity index (χ2n) is 4.93. The molecule has 0 saturated heterocycles. The molecule has 116 valence electrons. The molecule has 0 heterocycles. The number of hydrogen-bond donors (Lipinski definition) is 2. The average molecular weight is 383 g/mol. The number of halogens is 1. The van der Waals surface area contributed by atoms with Crippen molar-refractivity contribution in [1.82, 2.24) is 0 Å². The third-order valence-corrected chi connectivity index (χ3v) is 4.80. The SMILES string of the molecule is Cc1cc(C(=O)Nc2cccc(Br)c2)cc(S(N)(=O)=O)c1C. The molecule has 0 bridgehead atoms. The lowest BCUT2D eigenvalue weighted by Crippen LogP contribution is -2.17. The van der Waals surface area contributed by atoms with Crippen molar-refractivity contribution >= 4 is 37.5 Å². The van der Waals surface area contributed by atoms with Gasteiger partial charge in [0.2, 0.25) is 10.0 Å². The lowest BCUT2D eigenvalue weighted by molar-refractivity contribution is 0.102. The summed E-state index contributed by atoms with van der Waals surface area (Å²) in [6.45, 7) is 3.39. The summed E-state index contributed by atoms with van der Waals surface area (Å²) in [7, 11) is -3.88. The molecule has 3 N–H and O–H groups in total. The zero-order valence-corrected chi connectivity index (χ0v) is 14.5. The number of carbonyl (C=O) groups is 1. The van der Waals surface area contributed by atoms with Gasteiger partial charge in [0.15, 0.2) is 0 Å². The number of anilines is 1. The Morgan fingerprint density at radius 1 is 1.18 bits per heavy atom. The predicted octanol–water partition coefficient (Wildman–Crippen LogP) is 2.97. The molecular weight excluding hydrogens is 368 g/mol. The van der Waals surface area contributed by atoms with Gasteiger partial charge in [-0.3, -0.25) is 4.79 Å². The molecule has 0 atom stereocenters. The van der Waals surface area contributed by atoms with E-state index in [9.17, 15) is 13.2 Å². The molecule has 0 aromatic heterocycles. The fourth-order valence-corrected chi connectivity index (χ4v) is 3.30. The highest BCUT2D eigenvalue weighted by Gasteiger charge is 2.17. The van der Waals surface area contributed by atoms with E-state index in [2.05, 4.69) is 21.2 Å². The van der Waals surface area contributed by atoms with E-state index in [1.807, 2.05) is 6.07 Å². The number of benzene rings is 2. The summed E-state index contributed by atoms with van der Waals surface area (Å²) in [5.41, 5.74) is 2.08. The molecule has 7 heteroatoms. The van der Waals surface area contributed by atoms with Crippen LogP contribution in [0.4, 0.5) is 5.69 Å². The first-order valence-electron chi connectivity index (χ1n) is 6.39. The van der Waals surface area contributed by atoms with Crippen LogP contribution in [0.1, 0.15) is 21.5 Å². The van der Waals surface area contributed by atoms with Gasteiger partial charge in [0, 0.05) is 15.7 Å². The van der Waals surface area contributed by atoms with E-state index < -0.39 is 15.9 Å². The Labute approximate surface area is 137 Å². The second-order valence-corrected chi connectivity index (χ2v) is 7.37. The lowest BCUT2D eigenvalue weighted by Gasteiger charge is -2.11. The van der Waals surface area contributed by atoms with Crippen molar-refractivity contribution in [2.24, 2.45) is 5.14 Å². The summed E-state index contributed by atoms with van der Waals surface area (Å²) >= 11 is 3.32. The van der Waals surface area contributed by atoms with Gasteiger partial charge in [0.1, 0.15) is 0 Å². The van der Waals surface area contributed by atoms with E-state index in [4.69, 9.17) is 5.14 Å². The van der Waals surface area contributed by atoms with E-state index in [-0.39, 0.29) is 10.5 Å². The largest absolute Gasteiger partial charge is 0.322 e. The molecule has 0 fully saturated rings. The fourth-order valence-electron chi connectivity index (χ4n) is 2.02. The minimum Gasteiger partial charge on any atom is -0.322 e. The van der Waals surface area contributed by atoms with Gasteiger partial charge in [-0.25, -0.2) is 13.6 Å². The van der Waals surface area contributed by atoms with Crippen molar-refractivity contribution in [3.8, 4) is 0 Å². The molecule has 2 aromatic rings. The quantitative estimate of drug-likeness (QED) is 0.854. The summed E-state index contributed by atoms with van der Waals surface area (Å²) in [4.78, 5) is 12.3. The summed E-state index contributed by atoms with van der Waals surface area (Å²) in [6.07, 6.45) is 0. The molecule has 0 aliphatic carbocycles. The van der Waals surface area contributed by atoms with Crippen molar-refractivity contribution in [3.63, 3.8) is 0 Å². The molecule has 0 spiro atoms. The third kappa shape index (κ3) is 3.73. The summed E-state index contributed by atoms with van der Waals surface area (Å²) in [6, 6.07) is 10.0. The van der Waals surface area contributed by atoms with Crippen LogP contribution in [-0.4, -0.2) is 14.3 Å². The molecule has 22 heavy (non-hydrogen) atoms. The zero-order valence-electron chi connectivity index (χ0n) is 12.1. The first-order valence-corrected chi connectivity index (χ1v) is 8.73. The Bertz CT molecular complexity index is 848. The molecule has 0 radical (unpaired) electrons. The number of rotatable bonds is 3. The van der Waals surface area contributed by atoms with Crippen molar-refractivity contribution in [1.29, 1.82) is 0 Å². The lowest BCUT2D eigenvalue weighted by atomic mass is 10.1. The maximum Gasteiger partial charge on any atom is 0.255 e. The van der Waals surface area contributed by atoms with Crippen LogP contribution >= 0.6 is 15.9 Å². The second kappa shape index (κ2) is 6.20. The molecule has 0 unspecified atom stereocenters. The Kier molecular flexibility index (Phi) is 4.69. The molecule has 1 amide bonds. The molecule has 2 rings (SSSR count). The van der Waals surface area contributed by atoms with Gasteiger partial charge in [0.25, 0.3) is 5.91 Å². The maximum absolute atomic E-state index is 12.3. The summed E-state index contributed by atoms with van der Waals surface area (Å²) in [5.74, 6) is -0.397. The van der Waals surface area contributed by atoms with Gasteiger partial charge in [-0.05, 0) is 55.3 Å². The van der Waals surface area contributed by atoms with E-state index >= 15 is 0 Å². The highest BCUT2D eigenvalue weighted by atomic mass is 79.9. The van der Waals surface area contributed by atoms with E-state index in [1.54, 1.807) is 38.1 Å². The number of sulfonamides is 1. The highest BCUT2D eigenvalue weighted by molar-refractivity contribution is 9.10. The average Bonchev–Trinajstić information content (AvgIpc) is 2.40.